The summed E-state index contributed by atoms with van der Waals surface area (Å²) in [6, 6.07) is 6.86. The lowest BCUT2D eigenvalue weighted by atomic mass is 9.78. The molecule has 5 heterocycles. The molecule has 2 aromatic rings. The van der Waals surface area contributed by atoms with Gasteiger partial charge in [0.05, 0.1) is 60.1 Å². The number of rotatable bonds is 4. The van der Waals surface area contributed by atoms with E-state index in [0.29, 0.717) is 29.9 Å². The number of hydrogen-bond donors (Lipinski definition) is 1. The number of nitrogens with zero attached hydrogens (tertiary/aromatic N) is 3. The predicted molar refractivity (Wildman–Crippen MR) is 134 cm³/mol. The molecule has 0 unspecified atom stereocenters. The molecule has 2 aromatic carbocycles. The Balaban J connectivity index is 1.32. The van der Waals surface area contributed by atoms with Crippen LogP contribution in [0, 0.1) is 11.8 Å². The summed E-state index contributed by atoms with van der Waals surface area (Å²) in [6.45, 7) is 7.86. The summed E-state index contributed by atoms with van der Waals surface area (Å²) in [5.74, 6) is -3.17. The van der Waals surface area contributed by atoms with Gasteiger partial charge in [0.15, 0.2) is 0 Å². The first-order valence-corrected chi connectivity index (χ1v) is 14.5. The van der Waals surface area contributed by atoms with E-state index in [4.69, 9.17) is 4.74 Å². The second-order valence-electron chi connectivity index (χ2n) is 11.4. The van der Waals surface area contributed by atoms with Crippen molar-refractivity contribution in [2.75, 3.05) is 37.2 Å². The molecular weight excluding hydrogens is 510 g/mol. The van der Waals surface area contributed by atoms with Crippen LogP contribution in [0.5, 0.6) is 0 Å². The van der Waals surface area contributed by atoms with E-state index in [0.717, 1.165) is 41.6 Å². The zero-order valence-corrected chi connectivity index (χ0v) is 22.0. The fourth-order valence-corrected chi connectivity index (χ4v) is 9.22. The van der Waals surface area contributed by atoms with Gasteiger partial charge in [-0.1, -0.05) is 19.1 Å². The lowest BCUT2D eigenvalue weighted by Gasteiger charge is -2.47. The number of carboxylic acids is 1. The number of quaternary nitrogens is 1. The number of ether oxygens (including phenoxy) is 1. The third-order valence-corrected chi connectivity index (χ3v) is 11.2. The van der Waals surface area contributed by atoms with Crippen molar-refractivity contribution >= 4 is 38.4 Å². The van der Waals surface area contributed by atoms with E-state index in [2.05, 4.69) is 0 Å². The molecule has 5 aliphatic rings. The Hall–Kier alpha value is -2.99. The molecule has 10 nitrogen and oxygen atoms in total. The van der Waals surface area contributed by atoms with Crippen LogP contribution in [-0.2, 0) is 37.4 Å². The van der Waals surface area contributed by atoms with E-state index in [9.17, 15) is 28.2 Å². The average molecular weight is 540 g/mol. The SMILES string of the molecule is C[C@@H](O)[C@H]1C(=O)N2C(C(=O)[O-])=C(CN3c4cccc5c6c(cc(c45)S3(=O)=O)C[N+]3(CCOCC3)C6)[C@H](C)[C@H]12. The highest BCUT2D eigenvalue weighted by Gasteiger charge is 2.59. The zero-order valence-electron chi connectivity index (χ0n) is 21.2. The van der Waals surface area contributed by atoms with Gasteiger partial charge < -0.3 is 29.1 Å². The Kier molecular flexibility index (Phi) is 4.93. The van der Waals surface area contributed by atoms with E-state index in [1.54, 1.807) is 13.0 Å². The number of aliphatic carboxylic acids is 1. The number of carboxylic acid groups (broad SMARTS) is 1. The van der Waals surface area contributed by atoms with Crippen molar-refractivity contribution in [2.24, 2.45) is 11.8 Å². The van der Waals surface area contributed by atoms with Crippen LogP contribution in [0.4, 0.5) is 5.69 Å². The molecule has 1 N–H and O–H groups in total. The Morgan fingerprint density at radius 3 is 2.68 bits per heavy atom. The third kappa shape index (κ3) is 2.95. The molecular formula is C27H29N3O7S. The van der Waals surface area contributed by atoms with E-state index in [1.165, 1.54) is 21.7 Å². The Morgan fingerprint density at radius 2 is 2.00 bits per heavy atom. The molecule has 5 aliphatic heterocycles. The van der Waals surface area contributed by atoms with Crippen molar-refractivity contribution in [3.05, 3.63) is 46.7 Å². The monoisotopic (exact) mass is 539 g/mol. The fraction of sp³-hybridized carbons (Fsp3) is 0.481. The molecule has 200 valence electrons. The van der Waals surface area contributed by atoms with Crippen molar-refractivity contribution in [2.45, 2.75) is 44.0 Å². The summed E-state index contributed by atoms with van der Waals surface area (Å²) < 4.78 is 35.8. The van der Waals surface area contributed by atoms with Crippen LogP contribution in [0.15, 0.2) is 40.4 Å². The minimum atomic E-state index is -3.98. The van der Waals surface area contributed by atoms with Crippen molar-refractivity contribution in [3.63, 3.8) is 0 Å². The van der Waals surface area contributed by atoms with Crippen LogP contribution >= 0.6 is 0 Å². The molecule has 0 saturated carbocycles. The molecule has 2 fully saturated rings. The first-order valence-electron chi connectivity index (χ1n) is 13.0. The summed E-state index contributed by atoms with van der Waals surface area (Å²) in [7, 11) is -3.98. The number of aliphatic hydroxyl groups is 1. The summed E-state index contributed by atoms with van der Waals surface area (Å²) >= 11 is 0. The molecule has 0 aliphatic carbocycles. The summed E-state index contributed by atoms with van der Waals surface area (Å²) in [4.78, 5) is 26.3. The van der Waals surface area contributed by atoms with E-state index >= 15 is 0 Å². The van der Waals surface area contributed by atoms with Crippen molar-refractivity contribution in [1.82, 2.24) is 4.90 Å². The minimum Gasteiger partial charge on any atom is -0.543 e. The number of sulfonamides is 1. The maximum Gasteiger partial charge on any atom is 0.265 e. The van der Waals surface area contributed by atoms with Crippen molar-refractivity contribution in [1.29, 1.82) is 0 Å². The quantitative estimate of drug-likeness (QED) is 0.430. The highest BCUT2D eigenvalue weighted by atomic mass is 32.2. The van der Waals surface area contributed by atoms with Crippen LogP contribution in [-0.4, -0.2) is 79.8 Å². The zero-order chi connectivity index (χ0) is 26.7. The number of β-lactam (4-membered cyclic amide) rings is 1. The second kappa shape index (κ2) is 7.78. The Bertz CT molecular complexity index is 1570. The number of aliphatic hydroxyl groups excluding tert-OH is 1. The number of hydrogen-bond acceptors (Lipinski definition) is 7. The van der Waals surface area contributed by atoms with Crippen LogP contribution in [0.25, 0.3) is 10.8 Å². The Labute approximate surface area is 220 Å². The lowest BCUT2D eigenvalue weighted by molar-refractivity contribution is -0.953. The highest BCUT2D eigenvalue weighted by Crippen LogP contribution is 2.51. The molecule has 1 amide bonds. The van der Waals surface area contributed by atoms with Gasteiger partial charge in [0.2, 0.25) is 5.91 Å². The average Bonchev–Trinajstić information content (AvgIpc) is 3.41. The van der Waals surface area contributed by atoms with Gasteiger partial charge in [-0.3, -0.25) is 9.10 Å². The fourth-order valence-electron chi connectivity index (χ4n) is 7.49. The van der Waals surface area contributed by atoms with Crippen molar-refractivity contribution in [3.8, 4) is 0 Å². The lowest BCUT2D eigenvalue weighted by Crippen LogP contribution is -2.64. The number of carbonyl (C=O) groups is 2. The van der Waals surface area contributed by atoms with E-state index in [-0.39, 0.29) is 17.1 Å². The minimum absolute atomic E-state index is 0.199. The van der Waals surface area contributed by atoms with E-state index in [1.807, 2.05) is 18.2 Å². The number of benzene rings is 2. The first-order chi connectivity index (χ1) is 18.1. The molecule has 0 radical (unpaired) electrons. The smallest absolute Gasteiger partial charge is 0.265 e. The molecule has 2 saturated heterocycles. The number of morpholine rings is 1. The van der Waals surface area contributed by atoms with Gasteiger partial charge in [-0.15, -0.1) is 0 Å². The van der Waals surface area contributed by atoms with Gasteiger partial charge in [-0.05, 0) is 30.0 Å². The molecule has 7 rings (SSSR count). The standard InChI is InChI=1S/C27H29N3O7S/c1-14-18(25(27(33)34)29-24(14)22(15(2)31)26(29)32)11-28-20-5-3-4-17-19-13-30(6-8-37-9-7-30)12-16(19)10-21(23(17)20)38(28,35)36/h3-5,10,14-15,22,24,31H,6-9,11-13H2,1-2H3/t14-,15+,22+,24+/m0/s1. The normalized spacial score (nSPS) is 29.1. The maximum absolute atomic E-state index is 14.0. The van der Waals surface area contributed by atoms with Gasteiger partial charge in [-0.2, -0.15) is 0 Å². The molecule has 0 aromatic heterocycles. The van der Waals surface area contributed by atoms with Crippen LogP contribution in [0.1, 0.15) is 25.0 Å². The number of fused-ring (bicyclic) bond motifs is 3. The highest BCUT2D eigenvalue weighted by molar-refractivity contribution is 7.93. The number of anilines is 1. The van der Waals surface area contributed by atoms with Gasteiger partial charge >= 0.3 is 0 Å². The molecule has 1 spiro atoms. The van der Waals surface area contributed by atoms with Crippen LogP contribution in [0.3, 0.4) is 0 Å². The molecule has 0 bridgehead atoms. The number of carbonyl (C=O) groups excluding carboxylic acids is 2. The summed E-state index contributed by atoms with van der Waals surface area (Å²) in [5.41, 5.74) is 2.78. The van der Waals surface area contributed by atoms with Gasteiger partial charge in [0.1, 0.15) is 26.2 Å². The number of amides is 1. The van der Waals surface area contributed by atoms with Crippen molar-refractivity contribution < 1.29 is 37.4 Å². The summed E-state index contributed by atoms with van der Waals surface area (Å²) in [6.07, 6.45) is -0.943. The van der Waals surface area contributed by atoms with Crippen LogP contribution < -0.4 is 9.41 Å². The maximum atomic E-state index is 14.0. The summed E-state index contributed by atoms with van der Waals surface area (Å²) in [5, 5.41) is 23.9. The molecule has 38 heavy (non-hydrogen) atoms. The third-order valence-electron chi connectivity index (χ3n) is 9.39. The van der Waals surface area contributed by atoms with Gasteiger partial charge in [-0.25, -0.2) is 8.42 Å². The van der Waals surface area contributed by atoms with Gasteiger partial charge in [0.25, 0.3) is 10.0 Å². The predicted octanol–water partition coefficient (Wildman–Crippen LogP) is 0.0706. The van der Waals surface area contributed by atoms with Gasteiger partial charge in [0, 0.05) is 22.4 Å². The van der Waals surface area contributed by atoms with Crippen LogP contribution in [0.2, 0.25) is 0 Å². The Morgan fingerprint density at radius 1 is 1.26 bits per heavy atom. The second-order valence-corrected chi connectivity index (χ2v) is 13.2. The first kappa shape index (κ1) is 24.1. The largest absolute Gasteiger partial charge is 0.543 e. The molecule has 4 atom stereocenters. The van der Waals surface area contributed by atoms with E-state index < -0.39 is 45.9 Å². The molecule has 11 heteroatoms. The topological polar surface area (TPSA) is 127 Å².